The van der Waals surface area contributed by atoms with Gasteiger partial charge in [-0.15, -0.1) is 0 Å². The van der Waals surface area contributed by atoms with Crippen LogP contribution < -0.4 is 10.6 Å². The maximum absolute atomic E-state index is 12.0. The topological polar surface area (TPSA) is 84.3 Å². The van der Waals surface area contributed by atoms with E-state index in [0.29, 0.717) is 6.54 Å². The van der Waals surface area contributed by atoms with E-state index in [1.165, 1.54) is 18.6 Å². The molecular weight excluding hydrogens is 282 g/mol. The van der Waals surface area contributed by atoms with Crippen LogP contribution in [0.4, 0.5) is 5.69 Å². The third-order valence-corrected chi connectivity index (χ3v) is 4.35. The SMILES string of the molecule is CC1(C)CCCNC1CNC(=O)Cc1ccc([N+](=O)[O-])cc1. The molecule has 0 aromatic heterocycles. The molecule has 0 radical (unpaired) electrons. The normalized spacial score (nSPS) is 20.4. The van der Waals surface area contributed by atoms with Gasteiger partial charge in [0, 0.05) is 24.7 Å². The smallest absolute Gasteiger partial charge is 0.269 e. The van der Waals surface area contributed by atoms with Crippen molar-refractivity contribution >= 4 is 11.6 Å². The number of nitro groups is 1. The molecule has 6 heteroatoms. The number of amides is 1. The van der Waals surface area contributed by atoms with Gasteiger partial charge in [0.25, 0.3) is 5.69 Å². The molecule has 120 valence electrons. The molecule has 1 unspecified atom stereocenters. The van der Waals surface area contributed by atoms with Gasteiger partial charge >= 0.3 is 0 Å². The highest BCUT2D eigenvalue weighted by molar-refractivity contribution is 5.78. The van der Waals surface area contributed by atoms with Crippen LogP contribution in [0, 0.1) is 15.5 Å². The van der Waals surface area contributed by atoms with Crippen molar-refractivity contribution in [3.8, 4) is 0 Å². The Labute approximate surface area is 130 Å². The molecule has 1 aliphatic heterocycles. The molecule has 1 amide bonds. The molecule has 1 saturated heterocycles. The first-order chi connectivity index (χ1) is 10.4. The fourth-order valence-electron chi connectivity index (χ4n) is 2.82. The molecule has 2 rings (SSSR count). The number of hydrogen-bond donors (Lipinski definition) is 2. The van der Waals surface area contributed by atoms with Crippen LogP contribution in [-0.4, -0.2) is 30.0 Å². The third-order valence-electron chi connectivity index (χ3n) is 4.35. The molecule has 1 atom stereocenters. The molecule has 0 bridgehead atoms. The average Bonchev–Trinajstić information content (AvgIpc) is 2.46. The number of carbonyl (C=O) groups excluding carboxylic acids is 1. The van der Waals surface area contributed by atoms with Crippen LogP contribution in [-0.2, 0) is 11.2 Å². The van der Waals surface area contributed by atoms with E-state index in [1.807, 2.05) is 0 Å². The first-order valence-corrected chi connectivity index (χ1v) is 7.62. The minimum atomic E-state index is -0.444. The van der Waals surface area contributed by atoms with Gasteiger partial charge in [-0.3, -0.25) is 14.9 Å². The van der Waals surface area contributed by atoms with Gasteiger partial charge < -0.3 is 10.6 Å². The minimum Gasteiger partial charge on any atom is -0.354 e. The summed E-state index contributed by atoms with van der Waals surface area (Å²) in [4.78, 5) is 22.2. The predicted octanol–water partition coefficient (Wildman–Crippen LogP) is 2.03. The number of hydrogen-bond acceptors (Lipinski definition) is 4. The Kier molecular flexibility index (Phi) is 5.13. The van der Waals surface area contributed by atoms with Crippen molar-refractivity contribution in [1.29, 1.82) is 0 Å². The van der Waals surface area contributed by atoms with Crippen LogP contribution in [0.5, 0.6) is 0 Å². The van der Waals surface area contributed by atoms with Gasteiger partial charge in [0.05, 0.1) is 11.3 Å². The second-order valence-electron chi connectivity index (χ2n) is 6.50. The number of non-ortho nitro benzene ring substituents is 1. The second kappa shape index (κ2) is 6.87. The fourth-order valence-corrected chi connectivity index (χ4v) is 2.82. The van der Waals surface area contributed by atoms with Crippen molar-refractivity contribution in [1.82, 2.24) is 10.6 Å². The van der Waals surface area contributed by atoms with Crippen molar-refractivity contribution in [3.63, 3.8) is 0 Å². The number of rotatable bonds is 5. The molecule has 1 aromatic carbocycles. The van der Waals surface area contributed by atoms with E-state index >= 15 is 0 Å². The lowest BCUT2D eigenvalue weighted by Gasteiger charge is -2.39. The van der Waals surface area contributed by atoms with E-state index < -0.39 is 4.92 Å². The van der Waals surface area contributed by atoms with E-state index in [-0.39, 0.29) is 29.5 Å². The predicted molar refractivity (Wildman–Crippen MR) is 84.6 cm³/mol. The monoisotopic (exact) mass is 305 g/mol. The van der Waals surface area contributed by atoms with Crippen molar-refractivity contribution in [2.45, 2.75) is 39.2 Å². The van der Waals surface area contributed by atoms with E-state index in [2.05, 4.69) is 24.5 Å². The van der Waals surface area contributed by atoms with E-state index in [1.54, 1.807) is 12.1 Å². The summed E-state index contributed by atoms with van der Waals surface area (Å²) < 4.78 is 0. The van der Waals surface area contributed by atoms with Gasteiger partial charge in [-0.05, 0) is 30.4 Å². The maximum Gasteiger partial charge on any atom is 0.269 e. The maximum atomic E-state index is 12.0. The average molecular weight is 305 g/mol. The molecule has 0 spiro atoms. The summed E-state index contributed by atoms with van der Waals surface area (Å²) in [6.07, 6.45) is 2.56. The zero-order chi connectivity index (χ0) is 16.2. The summed E-state index contributed by atoms with van der Waals surface area (Å²) in [5.41, 5.74) is 0.995. The zero-order valence-electron chi connectivity index (χ0n) is 13.1. The Morgan fingerprint density at radius 3 is 2.68 bits per heavy atom. The highest BCUT2D eigenvalue weighted by Gasteiger charge is 2.31. The molecule has 22 heavy (non-hydrogen) atoms. The zero-order valence-corrected chi connectivity index (χ0v) is 13.1. The van der Waals surface area contributed by atoms with Gasteiger partial charge in [0.1, 0.15) is 0 Å². The Balaban J connectivity index is 1.83. The summed E-state index contributed by atoms with van der Waals surface area (Å²) in [7, 11) is 0. The Bertz CT molecular complexity index is 540. The Hall–Kier alpha value is -1.95. The van der Waals surface area contributed by atoms with Crippen LogP contribution in [0.25, 0.3) is 0 Å². The molecule has 0 aliphatic carbocycles. The highest BCUT2D eigenvalue weighted by Crippen LogP contribution is 2.29. The Morgan fingerprint density at radius 1 is 1.41 bits per heavy atom. The Morgan fingerprint density at radius 2 is 2.09 bits per heavy atom. The lowest BCUT2D eigenvalue weighted by atomic mass is 9.77. The molecule has 0 saturated carbocycles. The van der Waals surface area contributed by atoms with Gasteiger partial charge in [-0.25, -0.2) is 0 Å². The fraction of sp³-hybridized carbons (Fsp3) is 0.562. The third kappa shape index (κ3) is 4.27. The van der Waals surface area contributed by atoms with Crippen LogP contribution >= 0.6 is 0 Å². The van der Waals surface area contributed by atoms with Gasteiger partial charge in [0.2, 0.25) is 5.91 Å². The number of carbonyl (C=O) groups is 1. The van der Waals surface area contributed by atoms with E-state index in [0.717, 1.165) is 18.5 Å². The van der Waals surface area contributed by atoms with Crippen LogP contribution in [0.3, 0.4) is 0 Å². The molecule has 1 aromatic rings. The van der Waals surface area contributed by atoms with E-state index in [4.69, 9.17) is 0 Å². The number of nitro benzene ring substituents is 1. The summed E-state index contributed by atoms with van der Waals surface area (Å²) >= 11 is 0. The molecule has 1 aliphatic rings. The lowest BCUT2D eigenvalue weighted by Crippen LogP contribution is -2.52. The van der Waals surface area contributed by atoms with Crippen molar-refractivity contribution in [2.75, 3.05) is 13.1 Å². The largest absolute Gasteiger partial charge is 0.354 e. The first kappa shape index (κ1) is 16.4. The summed E-state index contributed by atoms with van der Waals surface area (Å²) in [5.74, 6) is -0.0583. The standard InChI is InChI=1S/C16H23N3O3/c1-16(2)8-3-9-17-14(16)11-18-15(20)10-12-4-6-13(7-5-12)19(21)22/h4-7,14,17H,3,8-11H2,1-2H3,(H,18,20). The van der Waals surface area contributed by atoms with Crippen LogP contribution in [0.15, 0.2) is 24.3 Å². The lowest BCUT2D eigenvalue weighted by molar-refractivity contribution is -0.384. The quantitative estimate of drug-likeness (QED) is 0.644. The van der Waals surface area contributed by atoms with Crippen molar-refractivity contribution in [2.24, 2.45) is 5.41 Å². The van der Waals surface area contributed by atoms with Gasteiger partial charge in [-0.2, -0.15) is 0 Å². The highest BCUT2D eigenvalue weighted by atomic mass is 16.6. The number of nitrogens with one attached hydrogen (secondary N) is 2. The number of benzene rings is 1. The van der Waals surface area contributed by atoms with Crippen molar-refractivity contribution in [3.05, 3.63) is 39.9 Å². The molecule has 2 N–H and O–H groups in total. The van der Waals surface area contributed by atoms with Gasteiger partial charge in [0.15, 0.2) is 0 Å². The second-order valence-corrected chi connectivity index (χ2v) is 6.50. The van der Waals surface area contributed by atoms with Crippen LogP contribution in [0.1, 0.15) is 32.3 Å². The van der Waals surface area contributed by atoms with Gasteiger partial charge in [-0.1, -0.05) is 26.0 Å². The molecule has 1 fully saturated rings. The minimum absolute atomic E-state index is 0.0392. The van der Waals surface area contributed by atoms with E-state index in [9.17, 15) is 14.9 Å². The number of nitrogens with zero attached hydrogens (tertiary/aromatic N) is 1. The van der Waals surface area contributed by atoms with Crippen molar-refractivity contribution < 1.29 is 9.72 Å². The number of piperidine rings is 1. The summed E-state index contributed by atoms with van der Waals surface area (Å²) in [5, 5.41) is 17.0. The summed E-state index contributed by atoms with van der Waals surface area (Å²) in [6, 6.07) is 6.38. The molecule has 1 heterocycles. The first-order valence-electron chi connectivity index (χ1n) is 7.62. The molecular formula is C16H23N3O3. The molecule has 6 nitrogen and oxygen atoms in total. The van der Waals surface area contributed by atoms with Crippen LogP contribution in [0.2, 0.25) is 0 Å². The summed E-state index contributed by atoms with van der Waals surface area (Å²) in [6.45, 7) is 6.03.